The molecule has 9 nitrogen and oxygen atoms in total. The molecule has 1 spiro atoms. The third kappa shape index (κ3) is 3.45. The first-order chi connectivity index (χ1) is 18.7. The minimum Gasteiger partial charge on any atom is -0.492 e. The van der Waals surface area contributed by atoms with E-state index in [1.54, 1.807) is 27.9 Å². The Morgan fingerprint density at radius 1 is 1.18 bits per heavy atom. The summed E-state index contributed by atoms with van der Waals surface area (Å²) in [4.78, 5) is 40.4. The number of piperidine rings is 2. The number of aromatic nitrogens is 2. The van der Waals surface area contributed by atoms with Crippen LogP contribution in [-0.4, -0.2) is 69.0 Å². The summed E-state index contributed by atoms with van der Waals surface area (Å²) in [6, 6.07) is 8.25. The minimum atomic E-state index is -3.07. The number of alkyl halides is 2. The molecule has 202 valence electrons. The molecule has 2 saturated heterocycles. The number of imide groups is 1. The maximum absolute atomic E-state index is 16.1. The quantitative estimate of drug-likeness (QED) is 0.518. The molecular formula is C28H27F2N5O4. The molecule has 1 aromatic heterocycles. The van der Waals surface area contributed by atoms with Gasteiger partial charge in [-0.15, -0.1) is 0 Å². The molecule has 2 aromatic carbocycles. The standard InChI is InChI=1S/C28H27F2N5O4/c1-33-23-16(11-31-33)3-2-4-17(23)12-34-10-9-27(28(29,30)14-34)15-39-24-19-13-35(21-7-8-22(36)32-25(21)37)26(38)18(19)5-6-20(24)27/h2-6,11,21H,7-10,12-15H2,1H3,(H,32,36,37)/t21-,27?/m0/s1. The van der Waals surface area contributed by atoms with E-state index < -0.39 is 29.8 Å². The van der Waals surface area contributed by atoms with Gasteiger partial charge in [0.15, 0.2) is 0 Å². The Kier molecular flexibility index (Phi) is 5.16. The van der Waals surface area contributed by atoms with Gasteiger partial charge >= 0.3 is 0 Å². The summed E-state index contributed by atoms with van der Waals surface area (Å²) < 4.78 is 40.0. The van der Waals surface area contributed by atoms with Crippen LogP contribution in [0, 0.1) is 0 Å². The molecule has 0 bridgehead atoms. The number of nitrogens with one attached hydrogen (secondary N) is 1. The Balaban J connectivity index is 1.16. The fraction of sp³-hybridized carbons (Fsp3) is 0.429. The topological polar surface area (TPSA) is 96.8 Å². The molecule has 1 N–H and O–H groups in total. The molecule has 39 heavy (non-hydrogen) atoms. The van der Waals surface area contributed by atoms with Crippen molar-refractivity contribution >= 4 is 28.6 Å². The van der Waals surface area contributed by atoms with E-state index in [0.29, 0.717) is 35.5 Å². The number of benzene rings is 2. The highest BCUT2D eigenvalue weighted by molar-refractivity contribution is 6.05. The van der Waals surface area contributed by atoms with Crippen molar-refractivity contribution in [1.82, 2.24) is 24.9 Å². The number of para-hydroxylation sites is 1. The van der Waals surface area contributed by atoms with Gasteiger partial charge in [-0.2, -0.15) is 5.10 Å². The first-order valence-corrected chi connectivity index (χ1v) is 13.1. The zero-order valence-corrected chi connectivity index (χ0v) is 21.4. The van der Waals surface area contributed by atoms with E-state index in [4.69, 9.17) is 4.74 Å². The summed E-state index contributed by atoms with van der Waals surface area (Å²) in [6.07, 6.45) is 2.36. The van der Waals surface area contributed by atoms with Gasteiger partial charge in [0.2, 0.25) is 11.8 Å². The number of rotatable bonds is 3. The lowest BCUT2D eigenvalue weighted by Gasteiger charge is -2.44. The zero-order chi connectivity index (χ0) is 27.1. The number of carbonyl (C=O) groups excluding carboxylic acids is 3. The highest BCUT2D eigenvalue weighted by atomic mass is 19.3. The van der Waals surface area contributed by atoms with Crippen molar-refractivity contribution < 1.29 is 27.9 Å². The summed E-state index contributed by atoms with van der Waals surface area (Å²) in [5.41, 5.74) is 1.74. The number of nitrogens with zero attached hydrogens (tertiary/aromatic N) is 4. The third-order valence-electron chi connectivity index (χ3n) is 8.86. The molecule has 0 radical (unpaired) electrons. The molecule has 2 fully saturated rings. The van der Waals surface area contributed by atoms with Gasteiger partial charge in [-0.1, -0.05) is 24.3 Å². The number of aryl methyl sites for hydroxylation is 1. The average Bonchev–Trinajstić information content (AvgIpc) is 3.57. The van der Waals surface area contributed by atoms with E-state index >= 15 is 8.78 Å². The number of amides is 3. The average molecular weight is 536 g/mol. The second-order valence-electron chi connectivity index (χ2n) is 11.0. The van der Waals surface area contributed by atoms with Crippen LogP contribution in [0.25, 0.3) is 10.9 Å². The van der Waals surface area contributed by atoms with Crippen LogP contribution in [0.15, 0.2) is 36.5 Å². The fourth-order valence-corrected chi connectivity index (χ4v) is 6.80. The van der Waals surface area contributed by atoms with Crippen LogP contribution >= 0.6 is 0 Å². The SMILES string of the molecule is Cn1ncc2cccc(CN3CCC4(COc5c4ccc4c5CN([C@H]5CCC(=O)NC5=O)C4=O)C(F)(F)C3)c21. The predicted octanol–water partition coefficient (Wildman–Crippen LogP) is 2.51. The number of likely N-dealkylation sites (tertiary alicyclic amines) is 1. The first-order valence-electron chi connectivity index (χ1n) is 13.1. The van der Waals surface area contributed by atoms with Crippen LogP contribution in [0.2, 0.25) is 0 Å². The zero-order valence-electron chi connectivity index (χ0n) is 21.4. The molecule has 4 aliphatic rings. The fourth-order valence-electron chi connectivity index (χ4n) is 6.80. The molecule has 2 atom stereocenters. The lowest BCUT2D eigenvalue weighted by Crippen LogP contribution is -2.58. The van der Waals surface area contributed by atoms with Gasteiger partial charge in [0, 0.05) is 42.1 Å². The van der Waals surface area contributed by atoms with Crippen molar-refractivity contribution in [3.05, 3.63) is 58.8 Å². The van der Waals surface area contributed by atoms with Gasteiger partial charge in [-0.25, -0.2) is 8.78 Å². The second-order valence-corrected chi connectivity index (χ2v) is 11.0. The Bertz CT molecular complexity index is 1570. The molecule has 11 heteroatoms. The number of hydrogen-bond donors (Lipinski definition) is 1. The monoisotopic (exact) mass is 535 g/mol. The molecule has 3 aromatic rings. The Morgan fingerprint density at radius 3 is 2.82 bits per heavy atom. The molecule has 3 amide bonds. The van der Waals surface area contributed by atoms with Crippen molar-refractivity contribution in [2.24, 2.45) is 7.05 Å². The summed E-state index contributed by atoms with van der Waals surface area (Å²) in [5.74, 6) is -3.96. The van der Waals surface area contributed by atoms with Crippen LogP contribution < -0.4 is 10.1 Å². The molecular weight excluding hydrogens is 508 g/mol. The van der Waals surface area contributed by atoms with Crippen molar-refractivity contribution in [2.75, 3.05) is 19.7 Å². The van der Waals surface area contributed by atoms with Crippen LogP contribution in [0.5, 0.6) is 5.75 Å². The third-order valence-corrected chi connectivity index (χ3v) is 8.86. The van der Waals surface area contributed by atoms with E-state index in [0.717, 1.165) is 16.5 Å². The highest BCUT2D eigenvalue weighted by Crippen LogP contribution is 2.55. The Hall–Kier alpha value is -3.86. The van der Waals surface area contributed by atoms with Gasteiger partial charge < -0.3 is 9.64 Å². The first kappa shape index (κ1) is 24.2. The predicted molar refractivity (Wildman–Crippen MR) is 135 cm³/mol. The molecule has 1 unspecified atom stereocenters. The summed E-state index contributed by atoms with van der Waals surface area (Å²) in [6.45, 7) is 0.360. The molecule has 0 aliphatic carbocycles. The number of hydrogen-bond acceptors (Lipinski definition) is 6. The maximum atomic E-state index is 16.1. The van der Waals surface area contributed by atoms with E-state index in [9.17, 15) is 14.4 Å². The van der Waals surface area contributed by atoms with Crippen LogP contribution in [0.3, 0.4) is 0 Å². The van der Waals surface area contributed by atoms with Crippen molar-refractivity contribution in [2.45, 2.75) is 49.7 Å². The number of fused-ring (bicyclic) bond motifs is 5. The van der Waals surface area contributed by atoms with Crippen molar-refractivity contribution in [3.8, 4) is 5.75 Å². The Morgan fingerprint density at radius 2 is 2.03 bits per heavy atom. The number of ether oxygens (including phenoxy) is 1. The van der Waals surface area contributed by atoms with Crippen LogP contribution in [0.1, 0.15) is 46.3 Å². The van der Waals surface area contributed by atoms with Gasteiger partial charge in [0.05, 0.1) is 30.2 Å². The van der Waals surface area contributed by atoms with Crippen molar-refractivity contribution in [3.63, 3.8) is 0 Å². The number of halogens is 2. The van der Waals surface area contributed by atoms with Gasteiger partial charge in [0.25, 0.3) is 11.8 Å². The minimum absolute atomic E-state index is 0.0894. The van der Waals surface area contributed by atoms with E-state index in [2.05, 4.69) is 10.4 Å². The highest BCUT2D eigenvalue weighted by Gasteiger charge is 2.62. The largest absolute Gasteiger partial charge is 0.492 e. The normalized spacial score (nSPS) is 26.2. The lowest BCUT2D eigenvalue weighted by atomic mass is 9.71. The smallest absolute Gasteiger partial charge is 0.273 e. The molecule has 5 heterocycles. The molecule has 7 rings (SSSR count). The lowest BCUT2D eigenvalue weighted by molar-refractivity contribution is -0.137. The van der Waals surface area contributed by atoms with Crippen LogP contribution in [0.4, 0.5) is 8.78 Å². The van der Waals surface area contributed by atoms with Gasteiger partial charge in [-0.05, 0) is 31.0 Å². The molecule has 0 saturated carbocycles. The number of carbonyl (C=O) groups is 3. The Labute approximate surface area is 222 Å². The van der Waals surface area contributed by atoms with Crippen LogP contribution in [-0.2, 0) is 35.1 Å². The summed E-state index contributed by atoms with van der Waals surface area (Å²) in [5, 5.41) is 7.57. The second kappa shape index (κ2) is 8.32. The summed E-state index contributed by atoms with van der Waals surface area (Å²) in [7, 11) is 1.85. The van der Waals surface area contributed by atoms with E-state index in [1.807, 2.05) is 25.2 Å². The maximum Gasteiger partial charge on any atom is 0.273 e. The van der Waals surface area contributed by atoms with Gasteiger partial charge in [0.1, 0.15) is 18.4 Å². The molecule has 4 aliphatic heterocycles. The van der Waals surface area contributed by atoms with E-state index in [1.165, 1.54) is 4.90 Å². The van der Waals surface area contributed by atoms with E-state index in [-0.39, 0.29) is 44.2 Å². The van der Waals surface area contributed by atoms with Gasteiger partial charge in [-0.3, -0.25) is 29.3 Å². The summed E-state index contributed by atoms with van der Waals surface area (Å²) >= 11 is 0. The van der Waals surface area contributed by atoms with Crippen molar-refractivity contribution in [1.29, 1.82) is 0 Å².